The van der Waals surface area contributed by atoms with Gasteiger partial charge in [-0.1, -0.05) is 0 Å². The van der Waals surface area contributed by atoms with E-state index >= 15 is 0 Å². The van der Waals surface area contributed by atoms with Gasteiger partial charge in [0.25, 0.3) is 0 Å². The Kier molecular flexibility index (Phi) is 4.14. The number of carbonyl (C=O) groups is 2. The van der Waals surface area contributed by atoms with Gasteiger partial charge < -0.3 is 5.73 Å². The summed E-state index contributed by atoms with van der Waals surface area (Å²) < 4.78 is 12.5. The van der Waals surface area contributed by atoms with E-state index in [2.05, 4.69) is 5.10 Å². The van der Waals surface area contributed by atoms with Crippen molar-refractivity contribution in [2.45, 2.75) is 6.42 Å². The van der Waals surface area contributed by atoms with Crippen molar-refractivity contribution in [2.24, 2.45) is 10.8 Å². The van der Waals surface area contributed by atoms with Gasteiger partial charge in [-0.05, 0) is 24.3 Å². The Labute approximate surface area is 91.1 Å². The molecule has 0 unspecified atom stereocenters. The highest BCUT2D eigenvalue weighted by molar-refractivity contribution is 6.03. The Morgan fingerprint density at radius 3 is 2.56 bits per heavy atom. The summed E-state index contributed by atoms with van der Waals surface area (Å²) in [6, 6.07) is 4.36. The molecule has 5 nitrogen and oxygen atoms in total. The lowest BCUT2D eigenvalue weighted by molar-refractivity contribution is 0.100. The van der Waals surface area contributed by atoms with Crippen LogP contribution in [0.3, 0.4) is 0 Å². The number of Topliss-reactive ketones (excluding diaryl/α,β-unsaturated/α-hetero) is 1. The van der Waals surface area contributed by atoms with Crippen LogP contribution in [0.15, 0.2) is 29.4 Å². The number of benzene rings is 1. The number of hydrogen-bond acceptors (Lipinski definition) is 3. The number of carbonyl (C=O) groups excluding carboxylic acids is 2. The van der Waals surface area contributed by atoms with Crippen LogP contribution in [-0.2, 0) is 0 Å². The molecule has 0 aliphatic heterocycles. The maximum atomic E-state index is 12.5. The van der Waals surface area contributed by atoms with Gasteiger partial charge in [0.1, 0.15) is 5.82 Å². The monoisotopic (exact) mass is 223 g/mol. The first-order chi connectivity index (χ1) is 7.59. The zero-order chi connectivity index (χ0) is 12.0. The third kappa shape index (κ3) is 3.87. The first-order valence-corrected chi connectivity index (χ1v) is 4.45. The number of hydrogen-bond donors (Lipinski definition) is 2. The average molecular weight is 223 g/mol. The fraction of sp³-hybridized carbons (Fsp3) is 0.100. The Morgan fingerprint density at radius 2 is 2.00 bits per heavy atom. The lowest BCUT2D eigenvalue weighted by Gasteiger charge is -1.96. The molecule has 0 radical (unpaired) electrons. The molecule has 1 aromatic rings. The predicted molar refractivity (Wildman–Crippen MR) is 56.6 cm³/mol. The molecule has 1 aromatic carbocycles. The molecule has 0 bridgehead atoms. The Bertz CT molecular complexity index is 415. The fourth-order valence-corrected chi connectivity index (χ4v) is 0.991. The van der Waals surface area contributed by atoms with Gasteiger partial charge in [-0.2, -0.15) is 5.10 Å². The predicted octanol–water partition coefficient (Wildman–Crippen LogP) is 1.05. The van der Waals surface area contributed by atoms with E-state index < -0.39 is 11.8 Å². The molecule has 0 spiro atoms. The number of halogens is 1. The second kappa shape index (κ2) is 5.59. The first kappa shape index (κ1) is 11.8. The van der Waals surface area contributed by atoms with E-state index in [0.29, 0.717) is 5.56 Å². The largest absolute Gasteiger partial charge is 0.350 e. The van der Waals surface area contributed by atoms with Crippen LogP contribution >= 0.6 is 0 Å². The minimum absolute atomic E-state index is 0.00587. The third-order valence-electron chi connectivity index (χ3n) is 1.71. The minimum atomic E-state index is -0.800. The SMILES string of the molecule is NC(=O)N/N=C/CC(=O)c1ccc(F)cc1. The maximum absolute atomic E-state index is 12.5. The summed E-state index contributed by atoms with van der Waals surface area (Å²) in [7, 11) is 0. The molecule has 0 heterocycles. The maximum Gasteiger partial charge on any atom is 0.332 e. The van der Waals surface area contributed by atoms with E-state index in [1.54, 1.807) is 0 Å². The van der Waals surface area contributed by atoms with Gasteiger partial charge in [0.05, 0.1) is 0 Å². The van der Waals surface area contributed by atoms with Gasteiger partial charge >= 0.3 is 6.03 Å². The smallest absolute Gasteiger partial charge is 0.332 e. The Morgan fingerprint density at radius 1 is 1.38 bits per heavy atom. The van der Waals surface area contributed by atoms with Crippen molar-refractivity contribution in [1.29, 1.82) is 0 Å². The van der Waals surface area contributed by atoms with E-state index in [9.17, 15) is 14.0 Å². The number of rotatable bonds is 4. The van der Waals surface area contributed by atoms with Gasteiger partial charge in [-0.25, -0.2) is 14.6 Å². The molecule has 16 heavy (non-hydrogen) atoms. The fourth-order valence-electron chi connectivity index (χ4n) is 0.991. The molecule has 0 aliphatic rings. The number of amides is 2. The summed E-state index contributed by atoms with van der Waals surface area (Å²) >= 11 is 0. The molecule has 84 valence electrons. The normalized spacial score (nSPS) is 10.3. The van der Waals surface area contributed by atoms with Crippen LogP contribution in [-0.4, -0.2) is 18.0 Å². The highest BCUT2D eigenvalue weighted by atomic mass is 19.1. The van der Waals surface area contributed by atoms with E-state index in [1.165, 1.54) is 30.5 Å². The minimum Gasteiger partial charge on any atom is -0.350 e. The van der Waals surface area contributed by atoms with E-state index in [0.717, 1.165) is 0 Å². The Hall–Kier alpha value is -2.24. The highest BCUT2D eigenvalue weighted by Crippen LogP contribution is 2.04. The van der Waals surface area contributed by atoms with Gasteiger partial charge in [-0.3, -0.25) is 4.79 Å². The number of nitrogens with one attached hydrogen (secondary N) is 1. The van der Waals surface area contributed by atoms with Crippen molar-refractivity contribution in [2.75, 3.05) is 0 Å². The molecule has 0 aromatic heterocycles. The molecule has 0 aliphatic carbocycles. The van der Waals surface area contributed by atoms with Gasteiger partial charge in [-0.15, -0.1) is 0 Å². The molecule has 0 saturated heterocycles. The van der Waals surface area contributed by atoms with Crippen molar-refractivity contribution >= 4 is 18.0 Å². The van der Waals surface area contributed by atoms with Gasteiger partial charge in [0.2, 0.25) is 0 Å². The average Bonchev–Trinajstić information content (AvgIpc) is 2.25. The van der Waals surface area contributed by atoms with E-state index in [-0.39, 0.29) is 12.2 Å². The van der Waals surface area contributed by atoms with E-state index in [4.69, 9.17) is 5.73 Å². The molecule has 2 amide bonds. The topological polar surface area (TPSA) is 84.6 Å². The summed E-state index contributed by atoms with van der Waals surface area (Å²) in [5, 5.41) is 3.41. The van der Waals surface area contributed by atoms with Crippen LogP contribution in [0.4, 0.5) is 9.18 Å². The number of nitrogens with zero attached hydrogens (tertiary/aromatic N) is 1. The lowest BCUT2D eigenvalue weighted by atomic mass is 10.1. The quantitative estimate of drug-likeness (QED) is 0.454. The van der Waals surface area contributed by atoms with Crippen LogP contribution < -0.4 is 11.2 Å². The van der Waals surface area contributed by atoms with Crippen LogP contribution in [0.5, 0.6) is 0 Å². The summed E-state index contributed by atoms with van der Waals surface area (Å²) in [6.07, 6.45) is 1.22. The van der Waals surface area contributed by atoms with E-state index in [1.807, 2.05) is 5.43 Å². The van der Waals surface area contributed by atoms with Crippen LogP contribution in [0.2, 0.25) is 0 Å². The zero-order valence-corrected chi connectivity index (χ0v) is 8.31. The Balaban J connectivity index is 2.50. The molecule has 1 rings (SSSR count). The van der Waals surface area contributed by atoms with Crippen LogP contribution in [0, 0.1) is 5.82 Å². The number of ketones is 1. The van der Waals surface area contributed by atoms with Crippen molar-refractivity contribution in [1.82, 2.24) is 5.43 Å². The number of urea groups is 1. The van der Waals surface area contributed by atoms with Crippen molar-refractivity contribution in [3.8, 4) is 0 Å². The molecule has 0 atom stereocenters. The van der Waals surface area contributed by atoms with Crippen molar-refractivity contribution in [3.05, 3.63) is 35.6 Å². The number of nitrogens with two attached hydrogens (primary N) is 1. The summed E-state index contributed by atoms with van der Waals surface area (Å²) in [5.41, 5.74) is 7.09. The number of hydrazone groups is 1. The third-order valence-corrected chi connectivity index (χ3v) is 1.71. The summed E-state index contributed by atoms with van der Waals surface area (Å²) in [4.78, 5) is 21.7. The number of primary amides is 1. The van der Waals surface area contributed by atoms with Crippen molar-refractivity contribution < 1.29 is 14.0 Å². The van der Waals surface area contributed by atoms with Gasteiger partial charge in [0, 0.05) is 18.2 Å². The summed E-state index contributed by atoms with van der Waals surface area (Å²) in [6.45, 7) is 0. The van der Waals surface area contributed by atoms with Crippen LogP contribution in [0.25, 0.3) is 0 Å². The van der Waals surface area contributed by atoms with Crippen molar-refractivity contribution in [3.63, 3.8) is 0 Å². The summed E-state index contributed by atoms with van der Waals surface area (Å²) in [5.74, 6) is -0.629. The molecule has 3 N–H and O–H groups in total. The second-order valence-corrected chi connectivity index (χ2v) is 2.92. The molecular weight excluding hydrogens is 213 g/mol. The highest BCUT2D eigenvalue weighted by Gasteiger charge is 2.03. The second-order valence-electron chi connectivity index (χ2n) is 2.92. The van der Waals surface area contributed by atoms with Gasteiger partial charge in [0.15, 0.2) is 5.78 Å². The molecule has 6 heteroatoms. The molecule has 0 saturated carbocycles. The lowest BCUT2D eigenvalue weighted by Crippen LogP contribution is -2.24. The zero-order valence-electron chi connectivity index (χ0n) is 8.31. The standard InChI is InChI=1S/C10H10FN3O2/c11-8-3-1-7(2-4-8)9(15)5-6-13-14-10(12)16/h1-4,6H,5H2,(H3,12,14,16)/b13-6+. The molecular formula is C10H10FN3O2. The van der Waals surface area contributed by atoms with Crippen LogP contribution in [0.1, 0.15) is 16.8 Å². The molecule has 0 fully saturated rings. The first-order valence-electron chi connectivity index (χ1n) is 4.45.